The van der Waals surface area contributed by atoms with Crippen LogP contribution in [-0.4, -0.2) is 29.6 Å². The van der Waals surface area contributed by atoms with Crippen molar-refractivity contribution in [3.05, 3.63) is 65.7 Å². The second-order valence-electron chi connectivity index (χ2n) is 6.35. The van der Waals surface area contributed by atoms with E-state index in [1.807, 2.05) is 30.3 Å². The highest BCUT2D eigenvalue weighted by atomic mass is 16.5. The van der Waals surface area contributed by atoms with Crippen LogP contribution in [0.3, 0.4) is 0 Å². The van der Waals surface area contributed by atoms with Crippen molar-refractivity contribution in [3.8, 4) is 5.75 Å². The predicted molar refractivity (Wildman–Crippen MR) is 88.2 cm³/mol. The Morgan fingerprint density at radius 1 is 1.09 bits per heavy atom. The minimum atomic E-state index is -0.599. The molecule has 2 aliphatic rings. The van der Waals surface area contributed by atoms with Gasteiger partial charge in [0.1, 0.15) is 5.75 Å². The third kappa shape index (κ3) is 2.82. The lowest BCUT2D eigenvalue weighted by molar-refractivity contribution is -0.0393. The maximum Gasteiger partial charge on any atom is 0.258 e. The molecule has 2 aliphatic heterocycles. The molecule has 0 aliphatic carbocycles. The number of likely N-dealkylation sites (tertiary alicyclic amines) is 1. The molecule has 0 radical (unpaired) electrons. The van der Waals surface area contributed by atoms with Crippen molar-refractivity contribution in [2.75, 3.05) is 13.1 Å². The molecule has 118 valence electrons. The van der Waals surface area contributed by atoms with E-state index >= 15 is 0 Å². The molecule has 1 saturated heterocycles. The molecule has 1 amide bonds. The number of carbonyl (C=O) groups excluding carboxylic acids is 1. The summed E-state index contributed by atoms with van der Waals surface area (Å²) >= 11 is 0. The van der Waals surface area contributed by atoms with Gasteiger partial charge in [0, 0.05) is 13.0 Å². The molecule has 2 aromatic rings. The Kier molecular flexibility index (Phi) is 3.54. The molecule has 4 nitrogen and oxygen atoms in total. The van der Waals surface area contributed by atoms with Crippen molar-refractivity contribution < 1.29 is 9.53 Å². The summed E-state index contributed by atoms with van der Waals surface area (Å²) in [6.07, 6.45) is 1.85. The summed E-state index contributed by atoms with van der Waals surface area (Å²) in [5.41, 5.74) is 1.31. The van der Waals surface area contributed by atoms with E-state index in [1.165, 1.54) is 5.56 Å². The number of para-hydroxylation sites is 1. The molecular formula is C19H20N2O2. The van der Waals surface area contributed by atoms with E-state index in [0.29, 0.717) is 17.9 Å². The van der Waals surface area contributed by atoms with Crippen LogP contribution in [0.15, 0.2) is 54.6 Å². The average Bonchev–Trinajstić information content (AvgIpc) is 2.56. The monoisotopic (exact) mass is 308 g/mol. The van der Waals surface area contributed by atoms with Crippen molar-refractivity contribution in [1.82, 2.24) is 10.2 Å². The third-order valence-electron chi connectivity index (χ3n) is 4.56. The van der Waals surface area contributed by atoms with Gasteiger partial charge in [0.2, 0.25) is 0 Å². The Labute approximate surface area is 136 Å². The first-order chi connectivity index (χ1) is 11.2. The molecule has 0 bridgehead atoms. The summed E-state index contributed by atoms with van der Waals surface area (Å²) < 4.78 is 6.23. The normalized spacial score (nSPS) is 23.9. The van der Waals surface area contributed by atoms with Gasteiger partial charge in [-0.15, -0.1) is 0 Å². The molecule has 4 heteroatoms. The van der Waals surface area contributed by atoms with E-state index in [-0.39, 0.29) is 5.91 Å². The Morgan fingerprint density at radius 3 is 2.74 bits per heavy atom. The molecule has 1 atom stereocenters. The summed E-state index contributed by atoms with van der Waals surface area (Å²) in [7, 11) is 0. The first-order valence-electron chi connectivity index (χ1n) is 8.11. The fraction of sp³-hybridized carbons (Fsp3) is 0.316. The van der Waals surface area contributed by atoms with Gasteiger partial charge in [-0.2, -0.15) is 0 Å². The van der Waals surface area contributed by atoms with Crippen LogP contribution in [0.2, 0.25) is 0 Å². The number of piperidine rings is 1. The highest BCUT2D eigenvalue weighted by Crippen LogP contribution is 2.32. The maximum atomic E-state index is 12.4. The zero-order valence-electron chi connectivity index (χ0n) is 13.0. The van der Waals surface area contributed by atoms with Gasteiger partial charge in [-0.25, -0.2) is 0 Å². The van der Waals surface area contributed by atoms with Gasteiger partial charge in [0.15, 0.2) is 5.72 Å². The van der Waals surface area contributed by atoms with Gasteiger partial charge in [-0.3, -0.25) is 9.69 Å². The van der Waals surface area contributed by atoms with E-state index < -0.39 is 5.72 Å². The molecule has 1 N–H and O–H groups in total. The van der Waals surface area contributed by atoms with E-state index in [0.717, 1.165) is 25.9 Å². The number of nitrogens with one attached hydrogen (secondary N) is 1. The van der Waals surface area contributed by atoms with Crippen LogP contribution in [0.25, 0.3) is 0 Å². The zero-order chi connectivity index (χ0) is 15.7. The molecule has 1 spiro atoms. The molecule has 4 rings (SSSR count). The zero-order valence-corrected chi connectivity index (χ0v) is 13.0. The minimum absolute atomic E-state index is 0.0339. The smallest absolute Gasteiger partial charge is 0.258 e. The third-order valence-corrected chi connectivity index (χ3v) is 4.56. The molecule has 0 saturated carbocycles. The lowest BCUT2D eigenvalue weighted by Crippen LogP contribution is -2.63. The van der Waals surface area contributed by atoms with Crippen molar-refractivity contribution >= 4 is 5.91 Å². The van der Waals surface area contributed by atoms with Crippen LogP contribution in [0, 0.1) is 0 Å². The number of ether oxygens (including phenoxy) is 1. The largest absolute Gasteiger partial charge is 0.466 e. The second-order valence-corrected chi connectivity index (χ2v) is 6.35. The van der Waals surface area contributed by atoms with E-state index in [4.69, 9.17) is 4.74 Å². The first kappa shape index (κ1) is 14.3. The van der Waals surface area contributed by atoms with Gasteiger partial charge in [-0.1, -0.05) is 42.5 Å². The molecule has 23 heavy (non-hydrogen) atoms. The topological polar surface area (TPSA) is 41.6 Å². The summed E-state index contributed by atoms with van der Waals surface area (Å²) in [5.74, 6) is 0.659. The van der Waals surface area contributed by atoms with Crippen molar-refractivity contribution in [3.63, 3.8) is 0 Å². The molecule has 2 aromatic carbocycles. The van der Waals surface area contributed by atoms with Crippen LogP contribution in [0.1, 0.15) is 28.8 Å². The second kappa shape index (κ2) is 5.70. The van der Waals surface area contributed by atoms with Crippen molar-refractivity contribution in [2.24, 2.45) is 0 Å². The highest BCUT2D eigenvalue weighted by Gasteiger charge is 2.42. The number of hydrogen-bond donors (Lipinski definition) is 1. The van der Waals surface area contributed by atoms with Crippen LogP contribution >= 0.6 is 0 Å². The number of amides is 1. The number of carbonyl (C=O) groups is 1. The quantitative estimate of drug-likeness (QED) is 0.927. The summed E-state index contributed by atoms with van der Waals surface area (Å²) in [5, 5.41) is 3.10. The number of nitrogens with zero attached hydrogens (tertiary/aromatic N) is 1. The summed E-state index contributed by atoms with van der Waals surface area (Å²) in [6.45, 7) is 2.61. The molecule has 0 aromatic heterocycles. The van der Waals surface area contributed by atoms with E-state index in [2.05, 4.69) is 34.5 Å². The van der Waals surface area contributed by atoms with E-state index in [9.17, 15) is 4.79 Å². The van der Waals surface area contributed by atoms with Crippen molar-refractivity contribution in [1.29, 1.82) is 0 Å². The fourth-order valence-electron chi connectivity index (χ4n) is 3.52. The average molecular weight is 308 g/mol. The lowest BCUT2D eigenvalue weighted by atomic mass is 9.97. The van der Waals surface area contributed by atoms with Crippen LogP contribution < -0.4 is 10.1 Å². The van der Waals surface area contributed by atoms with Gasteiger partial charge in [0.05, 0.1) is 12.1 Å². The Bertz CT molecular complexity index is 716. The minimum Gasteiger partial charge on any atom is -0.466 e. The number of rotatable bonds is 2. The van der Waals surface area contributed by atoms with Crippen LogP contribution in [0.4, 0.5) is 0 Å². The first-order valence-corrected chi connectivity index (χ1v) is 8.11. The summed E-state index contributed by atoms with van der Waals surface area (Å²) in [4.78, 5) is 14.8. The van der Waals surface area contributed by atoms with Crippen LogP contribution in [0.5, 0.6) is 5.75 Å². The van der Waals surface area contributed by atoms with Crippen molar-refractivity contribution in [2.45, 2.75) is 25.1 Å². The highest BCUT2D eigenvalue weighted by molar-refractivity contribution is 5.98. The predicted octanol–water partition coefficient (Wildman–Crippen LogP) is 2.80. The molecular weight excluding hydrogens is 288 g/mol. The fourth-order valence-corrected chi connectivity index (χ4v) is 3.52. The SMILES string of the molecule is O=C1N[C@@]2(CCCN(Cc3ccccc3)C2)Oc2ccccc21. The Balaban J connectivity index is 1.54. The van der Waals surface area contributed by atoms with Gasteiger partial charge >= 0.3 is 0 Å². The van der Waals surface area contributed by atoms with Gasteiger partial charge in [-0.05, 0) is 30.7 Å². The molecule has 2 heterocycles. The van der Waals surface area contributed by atoms with Gasteiger partial charge in [0.25, 0.3) is 5.91 Å². The number of hydrogen-bond acceptors (Lipinski definition) is 3. The lowest BCUT2D eigenvalue weighted by Gasteiger charge is -2.45. The Hall–Kier alpha value is -2.33. The van der Waals surface area contributed by atoms with Gasteiger partial charge < -0.3 is 10.1 Å². The number of benzene rings is 2. The molecule has 0 unspecified atom stereocenters. The maximum absolute atomic E-state index is 12.4. The number of fused-ring (bicyclic) bond motifs is 1. The Morgan fingerprint density at radius 2 is 1.87 bits per heavy atom. The van der Waals surface area contributed by atoms with Crippen LogP contribution in [-0.2, 0) is 6.54 Å². The standard InChI is InChI=1S/C19H20N2O2/c22-18-16-9-4-5-10-17(16)23-19(20-18)11-6-12-21(14-19)13-15-7-2-1-3-8-15/h1-5,7-10H,6,11-14H2,(H,20,22)/t19-/m0/s1. The van der Waals surface area contributed by atoms with E-state index in [1.54, 1.807) is 0 Å². The molecule has 1 fully saturated rings. The summed E-state index contributed by atoms with van der Waals surface area (Å²) in [6, 6.07) is 17.9.